The molecule has 15 heteroatoms. The number of pyridine rings is 1. The lowest BCUT2D eigenvalue weighted by molar-refractivity contribution is 0.0761. The first kappa shape index (κ1) is 51.2. The molecule has 72 heavy (non-hydrogen) atoms. The number of hydrogen-bond donors (Lipinski definition) is 5. The molecular weight excluding hydrogens is 927 g/mol. The SMILES string of the molecule is CC(C)(C)[Si](C)(C)O[C@@H](CNCc1ccc2c(c1)oc(=O)n2CCC/C=C/c1ccc(-c2ccccc2)c(NC(=O)OC2CCC(NC(=O)OCc3ccccc3)CC2)c1)c1ccc(O)c2[nH]c(=O)ccc12. The van der Waals surface area contributed by atoms with Crippen LogP contribution < -0.4 is 27.3 Å². The minimum Gasteiger partial charge on any atom is -0.506 e. The summed E-state index contributed by atoms with van der Waals surface area (Å²) in [6.45, 7) is 12.6. The molecule has 8 rings (SSSR count). The topological polar surface area (TPSA) is 186 Å². The van der Waals surface area contributed by atoms with Crippen molar-refractivity contribution in [3.8, 4) is 16.9 Å². The minimum absolute atomic E-state index is 0.000759. The molecule has 0 saturated heterocycles. The first-order valence-corrected chi connectivity index (χ1v) is 27.7. The van der Waals surface area contributed by atoms with Crippen LogP contribution in [0.5, 0.6) is 5.75 Å². The Bertz CT molecular complexity index is 3130. The first-order valence-electron chi connectivity index (χ1n) is 24.8. The van der Waals surface area contributed by atoms with E-state index in [1.165, 1.54) is 6.07 Å². The number of anilines is 1. The average molecular weight is 992 g/mol. The van der Waals surface area contributed by atoms with Gasteiger partial charge in [0.05, 0.1) is 22.8 Å². The summed E-state index contributed by atoms with van der Waals surface area (Å²) in [6, 6.07) is 37.7. The maximum absolute atomic E-state index is 13.3. The molecule has 1 saturated carbocycles. The van der Waals surface area contributed by atoms with Gasteiger partial charge in [0.15, 0.2) is 13.9 Å². The van der Waals surface area contributed by atoms with E-state index in [4.69, 9.17) is 18.3 Å². The Morgan fingerprint density at radius 2 is 1.62 bits per heavy atom. The number of H-pyrrole nitrogens is 1. The summed E-state index contributed by atoms with van der Waals surface area (Å²) >= 11 is 0. The van der Waals surface area contributed by atoms with Gasteiger partial charge in [-0.2, -0.15) is 0 Å². The average Bonchev–Trinajstić information content (AvgIpc) is 3.67. The van der Waals surface area contributed by atoms with Gasteiger partial charge in [0.2, 0.25) is 5.56 Å². The molecule has 0 aliphatic heterocycles. The lowest BCUT2D eigenvalue weighted by Gasteiger charge is -2.39. The van der Waals surface area contributed by atoms with E-state index in [1.807, 2.05) is 109 Å². The number of ether oxygens (including phenoxy) is 2. The van der Waals surface area contributed by atoms with Gasteiger partial charge in [0, 0.05) is 42.7 Å². The molecule has 2 amide bonds. The zero-order valence-electron chi connectivity index (χ0n) is 41.7. The van der Waals surface area contributed by atoms with E-state index >= 15 is 0 Å². The molecule has 1 fully saturated rings. The number of amides is 2. The molecular formula is C57H65N5O9Si. The maximum Gasteiger partial charge on any atom is 0.419 e. The lowest BCUT2D eigenvalue weighted by atomic mass is 9.93. The summed E-state index contributed by atoms with van der Waals surface area (Å²) in [6.07, 6.45) is 6.39. The van der Waals surface area contributed by atoms with E-state index in [0.717, 1.165) is 44.3 Å². The summed E-state index contributed by atoms with van der Waals surface area (Å²) in [7, 11) is -2.27. The molecule has 376 valence electrons. The fourth-order valence-electron chi connectivity index (χ4n) is 8.84. The number of phenols is 1. The predicted molar refractivity (Wildman–Crippen MR) is 285 cm³/mol. The summed E-state index contributed by atoms with van der Waals surface area (Å²) in [5.41, 5.74) is 7.38. The Morgan fingerprint density at radius 3 is 2.38 bits per heavy atom. The summed E-state index contributed by atoms with van der Waals surface area (Å²) < 4.78 is 25.6. The van der Waals surface area contributed by atoms with Crippen LogP contribution in [-0.4, -0.2) is 53.9 Å². The molecule has 1 aliphatic rings. The second kappa shape index (κ2) is 22.9. The Hall–Kier alpha value is -7.20. The highest BCUT2D eigenvalue weighted by molar-refractivity contribution is 6.74. The molecule has 0 unspecified atom stereocenters. The highest BCUT2D eigenvalue weighted by Crippen LogP contribution is 2.41. The van der Waals surface area contributed by atoms with Crippen molar-refractivity contribution in [2.45, 2.75) is 115 Å². The van der Waals surface area contributed by atoms with Crippen LogP contribution in [0, 0.1) is 0 Å². The van der Waals surface area contributed by atoms with Crippen LogP contribution in [0.15, 0.2) is 141 Å². The first-order chi connectivity index (χ1) is 34.6. The number of fused-ring (bicyclic) bond motifs is 2. The fraction of sp³-hybridized carbons (Fsp3) is 0.333. The highest BCUT2D eigenvalue weighted by atomic mass is 28.4. The lowest BCUT2D eigenvalue weighted by Crippen LogP contribution is -2.43. The number of aromatic amines is 1. The molecule has 2 aromatic heterocycles. The van der Waals surface area contributed by atoms with Crippen molar-refractivity contribution in [3.63, 3.8) is 0 Å². The second-order valence-electron chi connectivity index (χ2n) is 20.0. The van der Waals surface area contributed by atoms with E-state index in [0.29, 0.717) is 74.9 Å². The number of aromatic hydroxyl groups is 1. The number of nitrogens with one attached hydrogen (secondary N) is 4. The fourth-order valence-corrected chi connectivity index (χ4v) is 10.1. The Balaban J connectivity index is 0.849. The van der Waals surface area contributed by atoms with Gasteiger partial charge in [-0.3, -0.25) is 14.7 Å². The molecule has 1 aliphatic carbocycles. The van der Waals surface area contributed by atoms with Gasteiger partial charge in [-0.15, -0.1) is 0 Å². The van der Waals surface area contributed by atoms with Crippen LogP contribution in [0.1, 0.15) is 87.7 Å². The molecule has 5 N–H and O–H groups in total. The summed E-state index contributed by atoms with van der Waals surface area (Å²) in [5.74, 6) is -0.414. The monoisotopic (exact) mass is 991 g/mol. The Kier molecular flexibility index (Phi) is 16.3. The zero-order valence-corrected chi connectivity index (χ0v) is 42.7. The van der Waals surface area contributed by atoms with Crippen molar-refractivity contribution >= 4 is 54.3 Å². The largest absolute Gasteiger partial charge is 0.506 e. The van der Waals surface area contributed by atoms with E-state index < -0.39 is 26.3 Å². The van der Waals surface area contributed by atoms with Crippen LogP contribution in [0.25, 0.3) is 39.2 Å². The molecule has 0 radical (unpaired) electrons. The third-order valence-corrected chi connectivity index (χ3v) is 18.3. The van der Waals surface area contributed by atoms with Gasteiger partial charge >= 0.3 is 17.9 Å². The number of hydrogen-bond acceptors (Lipinski definition) is 10. The van der Waals surface area contributed by atoms with Gasteiger partial charge in [0.25, 0.3) is 0 Å². The number of benzene rings is 5. The van der Waals surface area contributed by atoms with Crippen LogP contribution in [0.4, 0.5) is 15.3 Å². The van der Waals surface area contributed by atoms with E-state index in [1.54, 1.807) is 16.7 Å². The van der Waals surface area contributed by atoms with Gasteiger partial charge in [-0.05, 0) is 115 Å². The van der Waals surface area contributed by atoms with Gasteiger partial charge < -0.3 is 39.0 Å². The third-order valence-electron chi connectivity index (χ3n) is 13.8. The molecule has 7 aromatic rings. The quantitative estimate of drug-likeness (QED) is 0.0409. The molecule has 1 atom stereocenters. The molecule has 2 heterocycles. The number of alkyl carbamates (subject to hydrolysis) is 1. The number of carbonyl (C=O) groups excluding carboxylic acids is 2. The van der Waals surface area contributed by atoms with Gasteiger partial charge in [0.1, 0.15) is 18.5 Å². The normalized spacial score (nSPS) is 15.7. The Morgan fingerprint density at radius 1 is 0.875 bits per heavy atom. The van der Waals surface area contributed by atoms with Crippen molar-refractivity contribution in [2.75, 3.05) is 11.9 Å². The number of allylic oxidation sites excluding steroid dienone is 1. The van der Waals surface area contributed by atoms with Gasteiger partial charge in [-0.1, -0.05) is 118 Å². The van der Waals surface area contributed by atoms with Crippen LogP contribution in [0.2, 0.25) is 18.1 Å². The number of rotatable bonds is 18. The molecule has 0 spiro atoms. The van der Waals surface area contributed by atoms with Crippen LogP contribution in [-0.2, 0) is 33.6 Å². The number of aryl methyl sites for hydroxylation is 1. The van der Waals surface area contributed by atoms with Crippen molar-refractivity contribution < 1.29 is 33.0 Å². The summed E-state index contributed by atoms with van der Waals surface area (Å²) in [4.78, 5) is 53.8. The van der Waals surface area contributed by atoms with Crippen LogP contribution >= 0.6 is 0 Å². The number of aromatic nitrogens is 2. The number of nitrogens with zero attached hydrogens (tertiary/aromatic N) is 1. The maximum atomic E-state index is 13.3. The van der Waals surface area contributed by atoms with E-state index in [9.17, 15) is 24.3 Å². The third kappa shape index (κ3) is 13.0. The van der Waals surface area contributed by atoms with Crippen LogP contribution in [0.3, 0.4) is 0 Å². The van der Waals surface area contributed by atoms with Gasteiger partial charge in [-0.25, -0.2) is 14.4 Å². The van der Waals surface area contributed by atoms with Crippen molar-refractivity contribution in [3.05, 3.63) is 171 Å². The Labute approximate surface area is 420 Å². The molecule has 14 nitrogen and oxygen atoms in total. The van der Waals surface area contributed by atoms with Crippen molar-refractivity contribution in [2.24, 2.45) is 0 Å². The van der Waals surface area contributed by atoms with E-state index in [-0.39, 0.29) is 41.2 Å². The zero-order chi connectivity index (χ0) is 50.8. The number of oxazole rings is 1. The minimum atomic E-state index is -2.27. The smallest absolute Gasteiger partial charge is 0.419 e. The standard InChI is InChI=1S/C57H65N5O9Si/c1-57(2,3)72(4,5)71-51(45-27-30-49(63)53-46(45)28-31-52(64)61-53)36-58-35-40-21-29-48-50(34-40)70-56(67)62(48)32-14-8-11-15-38-20-26-44(41-18-12-7-13-19-41)47(33-38)60-55(66)69-43-24-22-42(23-25-43)59-54(65)68-37-39-16-9-6-10-17-39/h6-7,9-13,15-21,26-31,33-34,42-43,51,58,63H,8,14,22-25,32,35-37H2,1-5H3,(H,59,65)(H,60,66)(H,61,64)/b15-11+/t42?,43?,51-/m0/s1. The van der Waals surface area contributed by atoms with Crippen molar-refractivity contribution in [1.29, 1.82) is 0 Å². The molecule has 0 bridgehead atoms. The number of carbonyl (C=O) groups is 2. The van der Waals surface area contributed by atoms with Crippen molar-refractivity contribution in [1.82, 2.24) is 20.2 Å². The van der Waals surface area contributed by atoms with E-state index in [2.05, 4.69) is 60.9 Å². The predicted octanol–water partition coefficient (Wildman–Crippen LogP) is 11.9. The highest BCUT2D eigenvalue weighted by Gasteiger charge is 2.40. The molecule has 5 aromatic carbocycles. The number of unbranched alkanes of at least 4 members (excludes halogenated alkanes) is 1. The summed E-state index contributed by atoms with van der Waals surface area (Å²) in [5, 5.41) is 20.8. The second-order valence-corrected chi connectivity index (χ2v) is 24.8. The number of phenolic OH excluding ortho intramolecular Hbond substituents is 1.